The Morgan fingerprint density at radius 1 is 1.50 bits per heavy atom. The Labute approximate surface area is 108 Å². The second kappa shape index (κ2) is 6.03. The zero-order chi connectivity index (χ0) is 13.0. The molecule has 1 saturated carbocycles. The van der Waals surface area contributed by atoms with Crippen molar-refractivity contribution in [1.82, 2.24) is 9.55 Å². The van der Waals surface area contributed by atoms with Crippen LogP contribution in [0, 0.1) is 5.92 Å². The predicted molar refractivity (Wildman–Crippen MR) is 69.7 cm³/mol. The maximum atomic E-state index is 11.2. The number of hydrogen-bond acceptors (Lipinski definition) is 2. The highest BCUT2D eigenvalue weighted by molar-refractivity contribution is 5.85. The summed E-state index contributed by atoms with van der Waals surface area (Å²) in [6.45, 7) is 2.16. The first-order valence-corrected chi connectivity index (χ1v) is 6.99. The molecular weight excluding hydrogens is 228 g/mol. The molecule has 2 rings (SSSR count). The molecule has 1 atom stereocenters. The molecule has 0 radical (unpaired) electrons. The lowest BCUT2D eigenvalue weighted by Crippen LogP contribution is -2.24. The molecule has 0 amide bonds. The summed E-state index contributed by atoms with van der Waals surface area (Å²) in [5.41, 5.74) is 0.332. The molecular formula is C14H22N2O2. The summed E-state index contributed by atoms with van der Waals surface area (Å²) in [7, 11) is 0. The van der Waals surface area contributed by atoms with E-state index in [-0.39, 0.29) is 0 Å². The zero-order valence-corrected chi connectivity index (χ0v) is 11.0. The minimum absolute atomic E-state index is 0.309. The van der Waals surface area contributed by atoms with Crippen LogP contribution in [0.15, 0.2) is 12.5 Å². The summed E-state index contributed by atoms with van der Waals surface area (Å²) in [5.74, 6) is -0.254. The van der Waals surface area contributed by atoms with Gasteiger partial charge in [0.1, 0.15) is 5.69 Å². The van der Waals surface area contributed by atoms with Crippen molar-refractivity contribution in [3.05, 3.63) is 18.2 Å². The van der Waals surface area contributed by atoms with Crippen molar-refractivity contribution < 1.29 is 9.90 Å². The van der Waals surface area contributed by atoms with Crippen LogP contribution in [-0.2, 0) is 0 Å². The number of imidazole rings is 1. The van der Waals surface area contributed by atoms with Crippen LogP contribution in [0.1, 0.15) is 68.4 Å². The first kappa shape index (κ1) is 13.1. The molecule has 1 N–H and O–H groups in total. The number of carbonyl (C=O) groups is 1. The monoisotopic (exact) mass is 250 g/mol. The lowest BCUT2D eigenvalue weighted by molar-refractivity contribution is 0.0677. The molecule has 1 heterocycles. The molecule has 0 aromatic carbocycles. The summed E-state index contributed by atoms with van der Waals surface area (Å²) in [6.07, 6.45) is 11.6. The van der Waals surface area contributed by atoms with Gasteiger partial charge in [-0.1, -0.05) is 32.6 Å². The van der Waals surface area contributed by atoms with Crippen molar-refractivity contribution in [2.45, 2.75) is 57.9 Å². The highest BCUT2D eigenvalue weighted by Gasteiger charge is 2.27. The van der Waals surface area contributed by atoms with Crippen molar-refractivity contribution in [3.8, 4) is 0 Å². The molecule has 4 nitrogen and oxygen atoms in total. The molecule has 18 heavy (non-hydrogen) atoms. The number of hydrogen-bond donors (Lipinski definition) is 1. The van der Waals surface area contributed by atoms with Crippen LogP contribution >= 0.6 is 0 Å². The molecule has 1 aliphatic carbocycles. The summed E-state index contributed by atoms with van der Waals surface area (Å²) in [6, 6.07) is 0.309. The fourth-order valence-corrected chi connectivity index (χ4v) is 3.15. The van der Waals surface area contributed by atoms with Crippen LogP contribution in [0.2, 0.25) is 0 Å². The number of aromatic carboxylic acids is 1. The molecule has 1 aromatic heterocycles. The van der Waals surface area contributed by atoms with Crippen LogP contribution in [0.25, 0.3) is 0 Å². The topological polar surface area (TPSA) is 55.1 Å². The highest BCUT2D eigenvalue weighted by atomic mass is 16.4. The van der Waals surface area contributed by atoms with E-state index in [2.05, 4.69) is 11.9 Å². The quantitative estimate of drug-likeness (QED) is 0.870. The number of aromatic nitrogens is 2. The van der Waals surface area contributed by atoms with Gasteiger partial charge in [0.25, 0.3) is 0 Å². The third kappa shape index (κ3) is 2.74. The van der Waals surface area contributed by atoms with E-state index in [1.807, 2.05) is 4.57 Å². The molecule has 4 heteroatoms. The number of nitrogens with zero attached hydrogens (tertiary/aromatic N) is 2. The minimum Gasteiger partial charge on any atom is -0.477 e. The summed E-state index contributed by atoms with van der Waals surface area (Å²) >= 11 is 0. The van der Waals surface area contributed by atoms with Crippen LogP contribution in [-0.4, -0.2) is 20.6 Å². The number of carboxylic acid groups (broad SMARTS) is 1. The average molecular weight is 250 g/mol. The van der Waals surface area contributed by atoms with Crippen molar-refractivity contribution >= 4 is 5.97 Å². The van der Waals surface area contributed by atoms with Gasteiger partial charge in [0.15, 0.2) is 0 Å². The maximum absolute atomic E-state index is 11.2. The standard InChI is InChI=1S/C14H22N2O2/c1-2-6-12(11-7-4-3-5-8-11)16-10-15-9-13(16)14(17)18/h9-12H,2-8H2,1H3,(H,17,18). The molecule has 0 saturated heterocycles. The van der Waals surface area contributed by atoms with E-state index < -0.39 is 5.97 Å². The van der Waals surface area contributed by atoms with Crippen LogP contribution in [0.3, 0.4) is 0 Å². The molecule has 0 aliphatic heterocycles. The Kier molecular flexibility index (Phi) is 4.39. The first-order chi connectivity index (χ1) is 8.74. The van der Waals surface area contributed by atoms with Gasteiger partial charge in [-0.25, -0.2) is 9.78 Å². The fourth-order valence-electron chi connectivity index (χ4n) is 3.15. The molecule has 0 bridgehead atoms. The van der Waals surface area contributed by atoms with Crippen molar-refractivity contribution in [3.63, 3.8) is 0 Å². The third-order valence-electron chi connectivity index (χ3n) is 4.02. The third-order valence-corrected chi connectivity index (χ3v) is 4.02. The Hall–Kier alpha value is -1.32. The van der Waals surface area contributed by atoms with Gasteiger partial charge in [0, 0.05) is 6.04 Å². The van der Waals surface area contributed by atoms with E-state index in [1.54, 1.807) is 6.33 Å². The molecule has 0 spiro atoms. The Bertz CT molecular complexity index is 394. The van der Waals surface area contributed by atoms with Gasteiger partial charge in [0.2, 0.25) is 0 Å². The smallest absolute Gasteiger partial charge is 0.354 e. The molecule has 1 unspecified atom stereocenters. The summed E-state index contributed by atoms with van der Waals surface area (Å²) in [4.78, 5) is 15.2. The largest absolute Gasteiger partial charge is 0.477 e. The van der Waals surface area contributed by atoms with E-state index in [0.29, 0.717) is 17.7 Å². The lowest BCUT2D eigenvalue weighted by atomic mass is 9.82. The lowest BCUT2D eigenvalue weighted by Gasteiger charge is -2.31. The van der Waals surface area contributed by atoms with Gasteiger partial charge in [-0.3, -0.25) is 0 Å². The average Bonchev–Trinajstić information content (AvgIpc) is 2.86. The maximum Gasteiger partial charge on any atom is 0.354 e. The Morgan fingerprint density at radius 3 is 2.83 bits per heavy atom. The van der Waals surface area contributed by atoms with Crippen LogP contribution in [0.4, 0.5) is 0 Å². The second-order valence-corrected chi connectivity index (χ2v) is 5.25. The van der Waals surface area contributed by atoms with E-state index in [1.165, 1.54) is 38.3 Å². The van der Waals surface area contributed by atoms with Crippen molar-refractivity contribution in [2.24, 2.45) is 5.92 Å². The van der Waals surface area contributed by atoms with E-state index in [4.69, 9.17) is 0 Å². The normalized spacial score (nSPS) is 18.7. The summed E-state index contributed by atoms with van der Waals surface area (Å²) < 4.78 is 1.89. The second-order valence-electron chi connectivity index (χ2n) is 5.25. The van der Waals surface area contributed by atoms with Crippen LogP contribution < -0.4 is 0 Å². The van der Waals surface area contributed by atoms with Gasteiger partial charge >= 0.3 is 5.97 Å². The predicted octanol–water partition coefficient (Wildman–Crippen LogP) is 3.50. The molecule has 1 aliphatic rings. The SMILES string of the molecule is CCCC(C1CCCCC1)n1cncc1C(=O)O. The zero-order valence-electron chi connectivity index (χ0n) is 11.0. The first-order valence-electron chi connectivity index (χ1n) is 6.99. The van der Waals surface area contributed by atoms with Gasteiger partial charge in [0.05, 0.1) is 12.5 Å². The minimum atomic E-state index is -0.871. The van der Waals surface area contributed by atoms with Crippen molar-refractivity contribution in [1.29, 1.82) is 0 Å². The van der Waals surface area contributed by atoms with Gasteiger partial charge in [-0.2, -0.15) is 0 Å². The van der Waals surface area contributed by atoms with E-state index in [0.717, 1.165) is 12.8 Å². The Balaban J connectivity index is 2.22. The molecule has 1 fully saturated rings. The van der Waals surface area contributed by atoms with E-state index in [9.17, 15) is 9.90 Å². The van der Waals surface area contributed by atoms with E-state index >= 15 is 0 Å². The Morgan fingerprint density at radius 2 is 2.22 bits per heavy atom. The number of carboxylic acids is 1. The fraction of sp³-hybridized carbons (Fsp3) is 0.714. The van der Waals surface area contributed by atoms with Crippen molar-refractivity contribution in [2.75, 3.05) is 0 Å². The van der Waals surface area contributed by atoms with Crippen LogP contribution in [0.5, 0.6) is 0 Å². The number of rotatable bonds is 5. The van der Waals surface area contributed by atoms with Gasteiger partial charge < -0.3 is 9.67 Å². The summed E-state index contributed by atoms with van der Waals surface area (Å²) in [5, 5.41) is 9.21. The molecule has 100 valence electrons. The highest BCUT2D eigenvalue weighted by Crippen LogP contribution is 2.36. The van der Waals surface area contributed by atoms with Gasteiger partial charge in [-0.05, 0) is 25.2 Å². The molecule has 1 aromatic rings. The van der Waals surface area contributed by atoms with Gasteiger partial charge in [-0.15, -0.1) is 0 Å².